The second-order valence-electron chi connectivity index (χ2n) is 16.2. The number of nitrogens with zero attached hydrogens (tertiary/aromatic N) is 4. The van der Waals surface area contributed by atoms with Crippen molar-refractivity contribution < 1.29 is 13.2 Å². The van der Waals surface area contributed by atoms with E-state index in [1.54, 1.807) is 12.1 Å². The molecule has 0 spiro atoms. The lowest BCUT2D eigenvalue weighted by Crippen LogP contribution is -2.28. The van der Waals surface area contributed by atoms with Gasteiger partial charge >= 0.3 is 0 Å². The van der Waals surface area contributed by atoms with Crippen molar-refractivity contribution in [1.29, 1.82) is 0 Å². The highest BCUT2D eigenvalue weighted by Crippen LogP contribution is 2.40. The molecule has 1 fully saturated rings. The Morgan fingerprint density at radius 1 is 0.960 bits per heavy atom. The van der Waals surface area contributed by atoms with E-state index in [0.29, 0.717) is 36.4 Å². The van der Waals surface area contributed by atoms with E-state index in [4.69, 9.17) is 24.7 Å². The SMILES string of the molecule is Cc1cccc(CC2CCCC2)c1-c1nc2nc(c1C)OC[C@@H](CC(C)(C)C)C(Cc1ncc(CC(C)C)cn1)c1cccc(c1)S(=O)(=O)N2. The molecule has 0 radical (unpaired) electrons. The predicted octanol–water partition coefficient (Wildman–Crippen LogP) is 9.05. The normalized spacial score (nSPS) is 19.4. The first-order chi connectivity index (χ1) is 23.8. The van der Waals surface area contributed by atoms with Gasteiger partial charge in [-0.1, -0.05) is 90.6 Å². The third-order valence-corrected chi connectivity index (χ3v) is 11.5. The van der Waals surface area contributed by atoms with Gasteiger partial charge in [0, 0.05) is 35.9 Å². The average Bonchev–Trinajstić information content (AvgIpc) is 3.56. The smallest absolute Gasteiger partial charge is 0.264 e. The number of fused-ring (bicyclic) bond motifs is 4. The van der Waals surface area contributed by atoms with Gasteiger partial charge in [-0.15, -0.1) is 0 Å². The minimum Gasteiger partial charge on any atom is -0.477 e. The van der Waals surface area contributed by atoms with Crippen LogP contribution in [-0.4, -0.2) is 35.0 Å². The van der Waals surface area contributed by atoms with E-state index in [1.807, 2.05) is 31.5 Å². The third-order valence-electron chi connectivity index (χ3n) is 10.2. The largest absolute Gasteiger partial charge is 0.477 e. The Kier molecular flexibility index (Phi) is 10.6. The van der Waals surface area contributed by atoms with Crippen molar-refractivity contribution in [3.63, 3.8) is 0 Å². The van der Waals surface area contributed by atoms with Crippen LogP contribution in [0.1, 0.15) is 106 Å². The Morgan fingerprint density at radius 2 is 1.68 bits per heavy atom. The molecule has 4 bridgehead atoms. The molecule has 1 aliphatic heterocycles. The molecule has 266 valence electrons. The highest BCUT2D eigenvalue weighted by atomic mass is 32.2. The van der Waals surface area contributed by atoms with Crippen molar-refractivity contribution in [3.05, 3.63) is 88.5 Å². The Hall–Kier alpha value is -3.85. The van der Waals surface area contributed by atoms with Crippen LogP contribution < -0.4 is 9.46 Å². The van der Waals surface area contributed by atoms with Gasteiger partial charge in [-0.3, -0.25) is 0 Å². The number of aryl methyl sites for hydroxylation is 1. The standard InChI is InChI=1S/C41H53N5O3S/c1-26(2)18-30-23-42-36(43-24-30)21-35-31-15-11-17-34(20-31)50(47,48)46-40-44-38(28(4)39(45-40)49-25-33(35)22-41(5,6)7)37-27(3)12-10-16-32(37)19-29-13-8-9-14-29/h10-12,15-17,20,23-24,26,29,33,35H,8-9,13-14,18-19,21-22,25H2,1-7H3,(H,44,45,46)/t33-,35?/m1/s1. The molecule has 1 aliphatic carbocycles. The zero-order valence-electron chi connectivity index (χ0n) is 30.8. The quantitative estimate of drug-likeness (QED) is 0.196. The van der Waals surface area contributed by atoms with E-state index in [2.05, 4.69) is 64.5 Å². The molecule has 4 aromatic rings. The molecular weight excluding hydrogens is 643 g/mol. The van der Waals surface area contributed by atoms with Gasteiger partial charge in [0.25, 0.3) is 10.0 Å². The number of nitrogens with one attached hydrogen (secondary N) is 1. The highest BCUT2D eigenvalue weighted by molar-refractivity contribution is 7.92. The van der Waals surface area contributed by atoms with Crippen LogP contribution in [0.4, 0.5) is 5.95 Å². The fourth-order valence-corrected chi connectivity index (χ4v) is 8.89. The monoisotopic (exact) mass is 695 g/mol. The van der Waals surface area contributed by atoms with E-state index in [9.17, 15) is 8.42 Å². The van der Waals surface area contributed by atoms with Crippen LogP contribution >= 0.6 is 0 Å². The lowest BCUT2D eigenvalue weighted by Gasteiger charge is -2.33. The molecule has 1 N–H and O–H groups in total. The Balaban J connectivity index is 1.46. The van der Waals surface area contributed by atoms with Crippen molar-refractivity contribution in [3.8, 4) is 17.1 Å². The summed E-state index contributed by atoms with van der Waals surface area (Å²) in [6, 6.07) is 13.7. The molecule has 2 atom stereocenters. The van der Waals surface area contributed by atoms with E-state index in [1.165, 1.54) is 31.2 Å². The van der Waals surface area contributed by atoms with Crippen molar-refractivity contribution in [2.75, 3.05) is 11.3 Å². The van der Waals surface area contributed by atoms with E-state index in [0.717, 1.165) is 52.9 Å². The zero-order chi connectivity index (χ0) is 35.6. The summed E-state index contributed by atoms with van der Waals surface area (Å²) in [6.45, 7) is 15.6. The molecule has 2 aliphatic rings. The first kappa shape index (κ1) is 36.0. The van der Waals surface area contributed by atoms with Crippen LogP contribution in [0.25, 0.3) is 11.3 Å². The van der Waals surface area contributed by atoms with Gasteiger partial charge in [0.05, 0.1) is 17.2 Å². The number of rotatable bonds is 8. The third kappa shape index (κ3) is 8.53. The molecular formula is C41H53N5O3S. The highest BCUT2D eigenvalue weighted by Gasteiger charge is 2.32. The molecule has 9 heteroatoms. The van der Waals surface area contributed by atoms with Crippen LogP contribution in [0.5, 0.6) is 5.88 Å². The molecule has 1 saturated carbocycles. The lowest BCUT2D eigenvalue weighted by atomic mass is 9.75. The van der Waals surface area contributed by atoms with Gasteiger partial charge in [0.1, 0.15) is 5.82 Å². The fraction of sp³-hybridized carbons (Fsp3) is 0.512. The number of ether oxygens (including phenoxy) is 1. The molecule has 2 aromatic carbocycles. The Bertz CT molecular complexity index is 1910. The molecule has 0 amide bonds. The first-order valence-electron chi connectivity index (χ1n) is 18.3. The second-order valence-corrected chi connectivity index (χ2v) is 17.9. The van der Waals surface area contributed by atoms with Crippen LogP contribution in [0, 0.1) is 37.0 Å². The minimum absolute atomic E-state index is 0.0111. The van der Waals surface area contributed by atoms with Crippen molar-refractivity contribution in [2.45, 2.75) is 111 Å². The fourth-order valence-electron chi connectivity index (χ4n) is 7.89. The summed E-state index contributed by atoms with van der Waals surface area (Å²) in [5.74, 6) is 2.21. The van der Waals surface area contributed by atoms with Crippen molar-refractivity contribution in [1.82, 2.24) is 19.9 Å². The molecule has 2 aromatic heterocycles. The molecule has 3 heterocycles. The van der Waals surface area contributed by atoms with Gasteiger partial charge in [-0.2, -0.15) is 4.98 Å². The van der Waals surface area contributed by atoms with Gasteiger partial charge in [0.2, 0.25) is 11.8 Å². The lowest BCUT2D eigenvalue weighted by molar-refractivity contribution is 0.165. The molecule has 8 nitrogen and oxygen atoms in total. The minimum atomic E-state index is -4.03. The van der Waals surface area contributed by atoms with Crippen LogP contribution in [0.2, 0.25) is 0 Å². The van der Waals surface area contributed by atoms with Gasteiger partial charge in [0.15, 0.2) is 0 Å². The van der Waals surface area contributed by atoms with Gasteiger partial charge in [-0.25, -0.2) is 28.1 Å². The summed E-state index contributed by atoms with van der Waals surface area (Å²) in [4.78, 5) is 19.4. The number of sulfonamides is 1. The maximum Gasteiger partial charge on any atom is 0.264 e. The Morgan fingerprint density at radius 3 is 2.38 bits per heavy atom. The first-order valence-corrected chi connectivity index (χ1v) is 19.8. The van der Waals surface area contributed by atoms with E-state index >= 15 is 0 Å². The number of hydrogen-bond donors (Lipinski definition) is 1. The van der Waals surface area contributed by atoms with E-state index < -0.39 is 10.0 Å². The molecule has 50 heavy (non-hydrogen) atoms. The summed E-state index contributed by atoms with van der Waals surface area (Å²) in [5, 5.41) is 0. The summed E-state index contributed by atoms with van der Waals surface area (Å²) in [6.07, 6.45) is 12.2. The second kappa shape index (κ2) is 14.8. The zero-order valence-corrected chi connectivity index (χ0v) is 31.6. The number of anilines is 1. The molecule has 1 unspecified atom stereocenters. The maximum absolute atomic E-state index is 14.0. The average molecular weight is 696 g/mol. The van der Waals surface area contributed by atoms with Gasteiger partial charge < -0.3 is 4.74 Å². The summed E-state index contributed by atoms with van der Waals surface area (Å²) >= 11 is 0. The van der Waals surface area contributed by atoms with Crippen molar-refractivity contribution >= 4 is 16.0 Å². The maximum atomic E-state index is 14.0. The predicted molar refractivity (Wildman–Crippen MR) is 200 cm³/mol. The number of aromatic nitrogens is 4. The van der Waals surface area contributed by atoms with Crippen molar-refractivity contribution in [2.24, 2.45) is 23.2 Å². The summed E-state index contributed by atoms with van der Waals surface area (Å²) < 4.78 is 37.5. The van der Waals surface area contributed by atoms with E-state index in [-0.39, 0.29) is 28.1 Å². The molecule has 6 rings (SSSR count). The van der Waals surface area contributed by atoms with Crippen LogP contribution in [0.15, 0.2) is 59.8 Å². The van der Waals surface area contributed by atoms with Crippen LogP contribution in [-0.2, 0) is 29.3 Å². The number of hydrogen-bond acceptors (Lipinski definition) is 7. The van der Waals surface area contributed by atoms with Gasteiger partial charge in [-0.05, 0) is 90.7 Å². The topological polar surface area (TPSA) is 107 Å². The summed E-state index contributed by atoms with van der Waals surface area (Å²) in [7, 11) is -4.03. The Labute approximate surface area is 299 Å². The number of benzene rings is 2. The molecule has 0 saturated heterocycles. The summed E-state index contributed by atoms with van der Waals surface area (Å²) in [5.41, 5.74) is 6.90. The van der Waals surface area contributed by atoms with Crippen LogP contribution in [0.3, 0.4) is 0 Å².